The van der Waals surface area contributed by atoms with E-state index in [1.54, 1.807) is 28.4 Å². The van der Waals surface area contributed by atoms with Gasteiger partial charge in [0.2, 0.25) is 0 Å². The molecule has 0 bridgehead atoms. The molecule has 2 aromatic carbocycles. The van der Waals surface area contributed by atoms with Crippen LogP contribution in [0.1, 0.15) is 0 Å². The fourth-order valence-corrected chi connectivity index (χ4v) is 7.78. The van der Waals surface area contributed by atoms with Gasteiger partial charge in [-0.3, -0.25) is 0 Å². The first kappa shape index (κ1) is 21.5. The molecule has 4 nitrogen and oxygen atoms in total. The normalized spacial score (nSPS) is 11.1. The maximum absolute atomic E-state index is 5.42. The molecule has 0 saturated carbocycles. The zero-order chi connectivity index (χ0) is 18.4. The Labute approximate surface area is 179 Å². The van der Waals surface area contributed by atoms with Crippen LogP contribution in [0.25, 0.3) is 0 Å². The van der Waals surface area contributed by atoms with Crippen LogP contribution in [0.3, 0.4) is 0 Å². The van der Waals surface area contributed by atoms with Gasteiger partial charge in [0, 0.05) is 0 Å². The number of benzene rings is 2. The van der Waals surface area contributed by atoms with Crippen molar-refractivity contribution in [3.05, 3.63) is 24.3 Å². The molecule has 0 spiro atoms. The Morgan fingerprint density at radius 3 is 0.960 bits per heavy atom. The van der Waals surface area contributed by atoms with E-state index < -0.39 is 22.1 Å². The van der Waals surface area contributed by atoms with E-state index in [4.69, 9.17) is 35.4 Å². The molecular formula is C16H16Cl2HgO4Se2. The number of hydrogen-bond donors (Lipinski definition) is 0. The molecule has 0 saturated heterocycles. The molecule has 25 heavy (non-hydrogen) atoms. The first-order valence-electron chi connectivity index (χ1n) is 7.11. The molecule has 0 unspecified atom stereocenters. The summed E-state index contributed by atoms with van der Waals surface area (Å²) < 4.78 is 27.1. The summed E-state index contributed by atoms with van der Waals surface area (Å²) in [6.45, 7) is 0. The molecule has 0 radical (unpaired) electrons. The van der Waals surface area contributed by atoms with Crippen molar-refractivity contribution in [2.75, 3.05) is 28.4 Å². The third-order valence-corrected chi connectivity index (χ3v) is 9.33. The van der Waals surface area contributed by atoms with Crippen LogP contribution in [0.4, 0.5) is 0 Å². The summed E-state index contributed by atoms with van der Waals surface area (Å²) in [5, 5.41) is 0. The molecule has 0 N–H and O–H groups in total. The fraction of sp³-hybridized carbons (Fsp3) is 0.250. The zero-order valence-corrected chi connectivity index (χ0v) is 24.7. The van der Waals surface area contributed by atoms with E-state index in [-0.39, 0.29) is 29.9 Å². The fourth-order valence-electron chi connectivity index (χ4n) is 2.24. The molecule has 0 fully saturated rings. The third kappa shape index (κ3) is 5.13. The molecule has 0 atom stereocenters. The van der Waals surface area contributed by atoms with Gasteiger partial charge in [0.25, 0.3) is 0 Å². The number of rotatable bonds is 4. The minimum absolute atomic E-state index is 0.226. The average Bonchev–Trinajstić information content (AvgIpc) is 2.64. The van der Waals surface area contributed by atoms with Gasteiger partial charge in [0.15, 0.2) is 0 Å². The second-order valence-electron chi connectivity index (χ2n) is 4.61. The molecule has 1 heterocycles. The van der Waals surface area contributed by atoms with Gasteiger partial charge in [-0.05, 0) is 0 Å². The van der Waals surface area contributed by atoms with Crippen molar-refractivity contribution in [3.63, 3.8) is 0 Å². The molecule has 0 aliphatic carbocycles. The van der Waals surface area contributed by atoms with E-state index in [0.29, 0.717) is 0 Å². The standard InChI is InChI=1S/C16H16O4Se2.2ClH.Hg/c1-17-9-5-13-14(6-10(9)18-2)22-16-8-12(20-4)11(19-3)7-15(16)21-13;;;/h5-8H,1-4H3;2*1H;/q;;;+2/p-2. The van der Waals surface area contributed by atoms with Gasteiger partial charge in [-0.25, -0.2) is 0 Å². The number of halogens is 2. The van der Waals surface area contributed by atoms with E-state index in [1.807, 2.05) is 0 Å². The molecule has 132 valence electrons. The Bertz CT molecular complexity index is 627. The van der Waals surface area contributed by atoms with Gasteiger partial charge in [0.1, 0.15) is 0 Å². The number of methoxy groups -OCH3 is 4. The van der Waals surface area contributed by atoms with Crippen molar-refractivity contribution in [2.45, 2.75) is 0 Å². The van der Waals surface area contributed by atoms with Gasteiger partial charge in [-0.2, -0.15) is 0 Å². The van der Waals surface area contributed by atoms with Crippen LogP contribution in [0, 0.1) is 0 Å². The van der Waals surface area contributed by atoms with Gasteiger partial charge in [-0.15, -0.1) is 0 Å². The van der Waals surface area contributed by atoms with Gasteiger partial charge < -0.3 is 0 Å². The Morgan fingerprint density at radius 2 is 0.800 bits per heavy atom. The van der Waals surface area contributed by atoms with Crippen molar-refractivity contribution in [2.24, 2.45) is 0 Å². The van der Waals surface area contributed by atoms with Gasteiger partial charge >= 0.3 is 181 Å². The molecule has 3 rings (SSSR count). The molecular weight excluding hydrogens is 686 g/mol. The molecule has 2 aromatic rings. The third-order valence-electron chi connectivity index (χ3n) is 3.34. The van der Waals surface area contributed by atoms with Crippen molar-refractivity contribution in [1.29, 1.82) is 0 Å². The minimum atomic E-state index is -1.14. The molecule has 0 amide bonds. The first-order valence-corrected chi connectivity index (χ1v) is 24.1. The predicted molar refractivity (Wildman–Crippen MR) is 101 cm³/mol. The van der Waals surface area contributed by atoms with Gasteiger partial charge in [0.05, 0.1) is 0 Å². The van der Waals surface area contributed by atoms with Crippen LogP contribution < -0.4 is 36.8 Å². The maximum atomic E-state index is 5.42. The Morgan fingerprint density at radius 1 is 0.600 bits per heavy atom. The molecule has 1 aliphatic heterocycles. The first-order chi connectivity index (χ1) is 12.1. The van der Waals surface area contributed by atoms with E-state index >= 15 is 0 Å². The van der Waals surface area contributed by atoms with Crippen LogP contribution in [-0.4, -0.2) is 58.4 Å². The van der Waals surface area contributed by atoms with E-state index in [1.165, 1.54) is 17.8 Å². The van der Waals surface area contributed by atoms with Crippen LogP contribution in [0.2, 0.25) is 0 Å². The quantitative estimate of drug-likeness (QED) is 0.377. The zero-order valence-electron chi connectivity index (χ0n) is 14.2. The second-order valence-corrected chi connectivity index (χ2v) is 17.0. The Kier molecular flexibility index (Phi) is 9.03. The van der Waals surface area contributed by atoms with E-state index in [2.05, 4.69) is 24.3 Å². The summed E-state index contributed by atoms with van der Waals surface area (Å²) in [5.41, 5.74) is 0. The van der Waals surface area contributed by atoms with Crippen LogP contribution in [0.15, 0.2) is 24.3 Å². The molecule has 1 aliphatic rings. The SMILES string of the molecule is COc1cc2c(cc1OC)[Se]c1cc(OC)c(OC)cc1[Se]2.[Cl][Hg][Cl]. The predicted octanol–water partition coefficient (Wildman–Crippen LogP) is 0.721. The topological polar surface area (TPSA) is 36.9 Å². The van der Waals surface area contributed by atoms with E-state index in [0.717, 1.165) is 23.0 Å². The number of ether oxygens (including phenoxy) is 4. The van der Waals surface area contributed by atoms with Crippen molar-refractivity contribution in [3.8, 4) is 23.0 Å². The average molecular weight is 702 g/mol. The summed E-state index contributed by atoms with van der Waals surface area (Å²) in [6.07, 6.45) is 0. The summed E-state index contributed by atoms with van der Waals surface area (Å²) in [6, 6.07) is 8.43. The van der Waals surface area contributed by atoms with Crippen LogP contribution in [-0.2, 0) is 22.1 Å². The van der Waals surface area contributed by atoms with Crippen molar-refractivity contribution in [1.82, 2.24) is 0 Å². The Balaban J connectivity index is 0.000000701. The monoisotopic (exact) mass is 704 g/mol. The number of fused-ring (bicyclic) bond motifs is 2. The molecule has 9 heteroatoms. The molecule has 0 aromatic heterocycles. The summed E-state index contributed by atoms with van der Waals surface area (Å²) in [5.74, 6) is 3.18. The Hall–Kier alpha value is 0.194. The summed E-state index contributed by atoms with van der Waals surface area (Å²) in [4.78, 5) is 0. The second kappa shape index (κ2) is 10.5. The summed E-state index contributed by atoms with van der Waals surface area (Å²) in [7, 11) is 16.7. The number of hydrogen-bond acceptors (Lipinski definition) is 4. The van der Waals surface area contributed by atoms with Crippen LogP contribution >= 0.6 is 16.5 Å². The summed E-state index contributed by atoms with van der Waals surface area (Å²) >= 11 is -0.687. The van der Waals surface area contributed by atoms with Gasteiger partial charge in [-0.1, -0.05) is 0 Å². The van der Waals surface area contributed by atoms with E-state index in [9.17, 15) is 0 Å². The van der Waals surface area contributed by atoms with Crippen LogP contribution in [0.5, 0.6) is 23.0 Å². The van der Waals surface area contributed by atoms with Crippen molar-refractivity contribution < 1.29 is 41.1 Å². The van der Waals surface area contributed by atoms with Crippen molar-refractivity contribution >= 4 is 64.3 Å².